The number of rotatable bonds is 10. The summed E-state index contributed by atoms with van der Waals surface area (Å²) in [7, 11) is 0. The zero-order valence-electron chi connectivity index (χ0n) is 18.7. The van der Waals surface area contributed by atoms with Gasteiger partial charge in [0.25, 0.3) is 0 Å². The molecule has 2 nitrogen and oxygen atoms in total. The number of piperidine rings is 1. The predicted molar refractivity (Wildman–Crippen MR) is 131 cm³/mol. The van der Waals surface area contributed by atoms with Gasteiger partial charge in [-0.25, -0.2) is 0 Å². The number of hydrogen-bond acceptors (Lipinski definition) is 2. The van der Waals surface area contributed by atoms with E-state index < -0.39 is 0 Å². The number of benzene rings is 3. The summed E-state index contributed by atoms with van der Waals surface area (Å²) >= 11 is 0. The van der Waals surface area contributed by atoms with Crippen molar-refractivity contribution in [2.75, 3.05) is 26.2 Å². The Bertz CT molecular complexity index is 855. The van der Waals surface area contributed by atoms with Crippen LogP contribution >= 0.6 is 0 Å². The summed E-state index contributed by atoms with van der Waals surface area (Å²) in [5.41, 5.74) is 4.35. The first kappa shape index (κ1) is 21.8. The third-order valence-electron chi connectivity index (χ3n) is 6.62. The van der Waals surface area contributed by atoms with Gasteiger partial charge in [0, 0.05) is 19.1 Å². The van der Waals surface area contributed by atoms with E-state index in [1.807, 2.05) is 0 Å². The van der Waals surface area contributed by atoms with Crippen LogP contribution < -0.4 is 0 Å². The van der Waals surface area contributed by atoms with Crippen molar-refractivity contribution >= 4 is 0 Å². The minimum atomic E-state index is 0.698. The molecule has 0 amide bonds. The molecule has 1 heterocycles. The van der Waals surface area contributed by atoms with E-state index in [1.54, 1.807) is 0 Å². The first-order valence-electron chi connectivity index (χ1n) is 11.9. The monoisotopic (exact) mass is 412 g/mol. The van der Waals surface area contributed by atoms with Crippen molar-refractivity contribution in [3.8, 4) is 0 Å². The van der Waals surface area contributed by atoms with Crippen molar-refractivity contribution in [1.82, 2.24) is 9.80 Å². The Kier molecular flexibility index (Phi) is 8.32. The fourth-order valence-electron chi connectivity index (χ4n) is 4.78. The fraction of sp³-hybridized carbons (Fsp3) is 0.379. The standard InChI is InChI=1S/C29H36N2/c1-4-11-26(12-5-1)17-10-21-31(25-28-15-8-3-9-16-28)29-19-23-30(24-20-29)22-18-27-13-6-2-7-14-27/h1-9,11-16,29H,10,17-25H2. The van der Waals surface area contributed by atoms with E-state index in [-0.39, 0.29) is 0 Å². The Morgan fingerprint density at radius 1 is 0.645 bits per heavy atom. The molecule has 0 N–H and O–H groups in total. The second kappa shape index (κ2) is 11.8. The van der Waals surface area contributed by atoms with Gasteiger partial charge in [0.05, 0.1) is 0 Å². The molecule has 1 fully saturated rings. The molecule has 0 unspecified atom stereocenters. The molecule has 3 aromatic rings. The van der Waals surface area contributed by atoms with Gasteiger partial charge in [-0.05, 0) is 68.4 Å². The van der Waals surface area contributed by atoms with Gasteiger partial charge >= 0.3 is 0 Å². The van der Waals surface area contributed by atoms with Crippen molar-refractivity contribution in [3.63, 3.8) is 0 Å². The molecular formula is C29H36N2. The number of aryl methyl sites for hydroxylation is 1. The minimum absolute atomic E-state index is 0.698. The largest absolute Gasteiger partial charge is 0.303 e. The highest BCUT2D eigenvalue weighted by molar-refractivity contribution is 5.16. The van der Waals surface area contributed by atoms with Crippen LogP contribution in [0.25, 0.3) is 0 Å². The molecule has 0 aromatic heterocycles. The molecule has 0 radical (unpaired) electrons. The Morgan fingerprint density at radius 2 is 1.16 bits per heavy atom. The van der Waals surface area contributed by atoms with Gasteiger partial charge in [0.1, 0.15) is 0 Å². The molecule has 0 saturated carbocycles. The molecule has 2 heteroatoms. The Morgan fingerprint density at radius 3 is 1.74 bits per heavy atom. The summed E-state index contributed by atoms with van der Waals surface area (Å²) in [6, 6.07) is 33.6. The van der Waals surface area contributed by atoms with Crippen LogP contribution in [-0.4, -0.2) is 42.0 Å². The van der Waals surface area contributed by atoms with E-state index >= 15 is 0 Å². The average Bonchev–Trinajstić information content (AvgIpc) is 2.84. The average molecular weight is 413 g/mol. The van der Waals surface area contributed by atoms with Crippen molar-refractivity contribution in [1.29, 1.82) is 0 Å². The highest BCUT2D eigenvalue weighted by Crippen LogP contribution is 2.20. The topological polar surface area (TPSA) is 6.48 Å². The molecule has 1 aliphatic rings. The molecule has 3 aromatic carbocycles. The summed E-state index contributed by atoms with van der Waals surface area (Å²) in [6.07, 6.45) is 6.13. The predicted octanol–water partition coefficient (Wildman–Crippen LogP) is 5.83. The smallest absolute Gasteiger partial charge is 0.0236 e. The van der Waals surface area contributed by atoms with Gasteiger partial charge in [-0.1, -0.05) is 91.0 Å². The van der Waals surface area contributed by atoms with Crippen LogP contribution in [0.3, 0.4) is 0 Å². The van der Waals surface area contributed by atoms with Crippen LogP contribution in [0.2, 0.25) is 0 Å². The van der Waals surface area contributed by atoms with Crippen LogP contribution in [-0.2, 0) is 19.4 Å². The van der Waals surface area contributed by atoms with E-state index in [9.17, 15) is 0 Å². The Labute approximate surface area is 188 Å². The third kappa shape index (κ3) is 7.05. The van der Waals surface area contributed by atoms with E-state index in [0.29, 0.717) is 6.04 Å². The van der Waals surface area contributed by atoms with Gasteiger partial charge in [0.2, 0.25) is 0 Å². The minimum Gasteiger partial charge on any atom is -0.303 e. The third-order valence-corrected chi connectivity index (χ3v) is 6.62. The fourth-order valence-corrected chi connectivity index (χ4v) is 4.78. The molecule has 1 aliphatic heterocycles. The van der Waals surface area contributed by atoms with E-state index in [1.165, 1.54) is 68.6 Å². The molecule has 1 saturated heterocycles. The molecule has 0 atom stereocenters. The highest BCUT2D eigenvalue weighted by atomic mass is 15.2. The van der Waals surface area contributed by atoms with E-state index in [0.717, 1.165) is 13.0 Å². The summed E-state index contributed by atoms with van der Waals surface area (Å²) in [4.78, 5) is 5.42. The Hall–Kier alpha value is -2.42. The Balaban J connectivity index is 1.29. The molecule has 0 bridgehead atoms. The van der Waals surface area contributed by atoms with Gasteiger partial charge in [-0.15, -0.1) is 0 Å². The molecule has 162 valence electrons. The number of likely N-dealkylation sites (tertiary alicyclic amines) is 1. The number of hydrogen-bond donors (Lipinski definition) is 0. The maximum absolute atomic E-state index is 2.76. The van der Waals surface area contributed by atoms with Gasteiger partial charge in [0.15, 0.2) is 0 Å². The maximum atomic E-state index is 2.76. The van der Waals surface area contributed by atoms with Gasteiger partial charge in [-0.2, -0.15) is 0 Å². The van der Waals surface area contributed by atoms with E-state index in [2.05, 4.69) is 101 Å². The maximum Gasteiger partial charge on any atom is 0.0236 e. The van der Waals surface area contributed by atoms with Crippen LogP contribution in [0.5, 0.6) is 0 Å². The quantitative estimate of drug-likeness (QED) is 0.413. The second-order valence-corrected chi connectivity index (χ2v) is 8.85. The molecule has 31 heavy (non-hydrogen) atoms. The summed E-state index contributed by atoms with van der Waals surface area (Å²) in [5, 5.41) is 0. The molecular weight excluding hydrogens is 376 g/mol. The normalized spacial score (nSPS) is 15.4. The van der Waals surface area contributed by atoms with Crippen LogP contribution in [0.4, 0.5) is 0 Å². The molecule has 0 spiro atoms. The van der Waals surface area contributed by atoms with Crippen molar-refractivity contribution in [3.05, 3.63) is 108 Å². The first-order valence-corrected chi connectivity index (χ1v) is 11.9. The summed E-state index contributed by atoms with van der Waals surface area (Å²) in [6.45, 7) is 5.88. The second-order valence-electron chi connectivity index (χ2n) is 8.85. The molecule has 4 rings (SSSR count). The van der Waals surface area contributed by atoms with Gasteiger partial charge in [-0.3, -0.25) is 4.90 Å². The molecule has 0 aliphatic carbocycles. The van der Waals surface area contributed by atoms with Crippen molar-refractivity contribution in [2.45, 2.75) is 44.7 Å². The summed E-state index contributed by atoms with van der Waals surface area (Å²) < 4.78 is 0. The van der Waals surface area contributed by atoms with Crippen molar-refractivity contribution in [2.24, 2.45) is 0 Å². The van der Waals surface area contributed by atoms with E-state index in [4.69, 9.17) is 0 Å². The summed E-state index contributed by atoms with van der Waals surface area (Å²) in [5.74, 6) is 0. The lowest BCUT2D eigenvalue weighted by molar-refractivity contribution is 0.102. The lowest BCUT2D eigenvalue weighted by Crippen LogP contribution is -2.45. The van der Waals surface area contributed by atoms with Crippen LogP contribution in [0.1, 0.15) is 36.0 Å². The number of nitrogens with zero attached hydrogens (tertiary/aromatic N) is 2. The zero-order chi connectivity index (χ0) is 21.1. The highest BCUT2D eigenvalue weighted by Gasteiger charge is 2.24. The van der Waals surface area contributed by atoms with Crippen LogP contribution in [0, 0.1) is 0 Å². The van der Waals surface area contributed by atoms with Crippen LogP contribution in [0.15, 0.2) is 91.0 Å². The first-order chi connectivity index (χ1) is 15.4. The zero-order valence-corrected chi connectivity index (χ0v) is 18.7. The SMILES string of the molecule is c1ccc(CCCN(Cc2ccccc2)C2CCN(CCc3ccccc3)CC2)cc1. The lowest BCUT2D eigenvalue weighted by Gasteiger charge is -2.39. The lowest BCUT2D eigenvalue weighted by atomic mass is 10.0. The van der Waals surface area contributed by atoms with Crippen molar-refractivity contribution < 1.29 is 0 Å². The van der Waals surface area contributed by atoms with Gasteiger partial charge < -0.3 is 4.90 Å².